The van der Waals surface area contributed by atoms with Gasteiger partial charge in [0, 0.05) is 6.92 Å². The Bertz CT molecular complexity index is 233. The molecular weight excluding hydrogens is 216 g/mol. The summed E-state index contributed by atoms with van der Waals surface area (Å²) < 4.78 is 51.7. The SMILES string of the molecule is C=C(Cl)C(=O)OC(F)(F)C(C)(F)F. The van der Waals surface area contributed by atoms with Crippen molar-refractivity contribution in [1.29, 1.82) is 0 Å². The maximum Gasteiger partial charge on any atom is 0.466 e. The van der Waals surface area contributed by atoms with Crippen molar-refractivity contribution in [2.75, 3.05) is 0 Å². The second-order valence-electron chi connectivity index (χ2n) is 2.20. The molecule has 7 heteroatoms. The molecule has 0 aromatic rings. The van der Waals surface area contributed by atoms with Gasteiger partial charge in [0.1, 0.15) is 5.03 Å². The van der Waals surface area contributed by atoms with E-state index in [2.05, 4.69) is 11.3 Å². The fourth-order valence-electron chi connectivity index (χ4n) is 0.261. The predicted molar refractivity (Wildman–Crippen MR) is 36.7 cm³/mol. The zero-order valence-corrected chi connectivity index (χ0v) is 7.17. The number of ether oxygens (including phenoxy) is 1. The highest BCUT2D eigenvalue weighted by Gasteiger charge is 2.56. The minimum absolute atomic E-state index is 0.0860. The lowest BCUT2D eigenvalue weighted by molar-refractivity contribution is -0.322. The molecule has 0 rings (SSSR count). The molecule has 0 spiro atoms. The van der Waals surface area contributed by atoms with Gasteiger partial charge in [0.2, 0.25) is 0 Å². The zero-order chi connectivity index (χ0) is 10.9. The van der Waals surface area contributed by atoms with Gasteiger partial charge in [-0.15, -0.1) is 0 Å². The Balaban J connectivity index is 4.53. The van der Waals surface area contributed by atoms with E-state index in [1.165, 1.54) is 0 Å². The molecule has 13 heavy (non-hydrogen) atoms. The van der Waals surface area contributed by atoms with Gasteiger partial charge in [-0.25, -0.2) is 4.79 Å². The summed E-state index contributed by atoms with van der Waals surface area (Å²) in [7, 11) is 0. The second-order valence-corrected chi connectivity index (χ2v) is 2.66. The van der Waals surface area contributed by atoms with Crippen molar-refractivity contribution >= 4 is 17.6 Å². The topological polar surface area (TPSA) is 26.3 Å². The summed E-state index contributed by atoms with van der Waals surface area (Å²) >= 11 is 4.84. The molecule has 0 heterocycles. The van der Waals surface area contributed by atoms with Crippen LogP contribution in [0.5, 0.6) is 0 Å². The Labute approximate surface area is 76.1 Å². The summed E-state index contributed by atoms with van der Waals surface area (Å²) in [6, 6.07) is 0. The van der Waals surface area contributed by atoms with Gasteiger partial charge in [0.05, 0.1) is 0 Å². The number of carbonyl (C=O) groups is 1. The van der Waals surface area contributed by atoms with E-state index < -0.39 is 23.0 Å². The van der Waals surface area contributed by atoms with Crippen molar-refractivity contribution in [3.8, 4) is 0 Å². The molecule has 0 atom stereocenters. The lowest BCUT2D eigenvalue weighted by Gasteiger charge is -2.21. The third kappa shape index (κ3) is 3.22. The van der Waals surface area contributed by atoms with Gasteiger partial charge in [0.15, 0.2) is 0 Å². The molecule has 0 amide bonds. The van der Waals surface area contributed by atoms with Crippen LogP contribution in [0.15, 0.2) is 11.6 Å². The first-order valence-electron chi connectivity index (χ1n) is 2.91. The summed E-state index contributed by atoms with van der Waals surface area (Å²) in [5.74, 6) is -6.25. The summed E-state index contributed by atoms with van der Waals surface area (Å²) in [4.78, 5) is 10.3. The lowest BCUT2D eigenvalue weighted by Crippen LogP contribution is -2.41. The largest absolute Gasteiger partial charge is 0.466 e. The minimum atomic E-state index is -4.89. The Morgan fingerprint density at radius 1 is 1.38 bits per heavy atom. The molecule has 0 saturated heterocycles. The van der Waals surface area contributed by atoms with Gasteiger partial charge in [-0.1, -0.05) is 18.2 Å². The number of alkyl halides is 4. The van der Waals surface area contributed by atoms with Gasteiger partial charge >= 0.3 is 18.0 Å². The first-order chi connectivity index (χ1) is 5.58. The second kappa shape index (κ2) is 3.53. The van der Waals surface area contributed by atoms with Crippen LogP contribution in [0.1, 0.15) is 6.92 Å². The highest BCUT2D eigenvalue weighted by Crippen LogP contribution is 2.35. The number of esters is 1. The van der Waals surface area contributed by atoms with E-state index in [0.29, 0.717) is 0 Å². The average Bonchev–Trinajstić information content (AvgIpc) is 1.83. The van der Waals surface area contributed by atoms with E-state index in [0.717, 1.165) is 0 Å². The first-order valence-corrected chi connectivity index (χ1v) is 3.29. The van der Waals surface area contributed by atoms with Crippen molar-refractivity contribution in [3.05, 3.63) is 11.6 Å². The summed E-state index contributed by atoms with van der Waals surface area (Å²) in [6.07, 6.45) is -4.89. The third-order valence-electron chi connectivity index (χ3n) is 0.953. The quantitative estimate of drug-likeness (QED) is 0.415. The number of halogens is 5. The first kappa shape index (κ1) is 12.2. The van der Waals surface area contributed by atoms with Gasteiger partial charge in [-0.3, -0.25) is 0 Å². The van der Waals surface area contributed by atoms with Crippen molar-refractivity contribution in [2.24, 2.45) is 0 Å². The Kier molecular flexibility index (Phi) is 3.32. The van der Waals surface area contributed by atoms with E-state index >= 15 is 0 Å². The molecular formula is C6H5ClF4O2. The monoisotopic (exact) mass is 220 g/mol. The van der Waals surface area contributed by atoms with Crippen molar-refractivity contribution in [2.45, 2.75) is 19.0 Å². The van der Waals surface area contributed by atoms with Crippen molar-refractivity contribution in [3.63, 3.8) is 0 Å². The Morgan fingerprint density at radius 2 is 1.77 bits per heavy atom. The lowest BCUT2D eigenvalue weighted by atomic mass is 10.3. The molecule has 0 bridgehead atoms. The molecule has 0 aromatic heterocycles. The molecule has 0 aliphatic rings. The van der Waals surface area contributed by atoms with Crippen LogP contribution in [0.3, 0.4) is 0 Å². The molecule has 0 N–H and O–H groups in total. The van der Waals surface area contributed by atoms with Crippen LogP contribution >= 0.6 is 11.6 Å². The smallest absolute Gasteiger partial charge is 0.392 e. The fourth-order valence-corrected chi connectivity index (χ4v) is 0.300. The van der Waals surface area contributed by atoms with Gasteiger partial charge in [-0.05, 0) is 0 Å². The van der Waals surface area contributed by atoms with Crippen LogP contribution in [0.25, 0.3) is 0 Å². The molecule has 0 aliphatic carbocycles. The average molecular weight is 221 g/mol. The van der Waals surface area contributed by atoms with E-state index in [-0.39, 0.29) is 6.92 Å². The van der Waals surface area contributed by atoms with Crippen LogP contribution in [0.2, 0.25) is 0 Å². The van der Waals surface area contributed by atoms with Gasteiger partial charge in [-0.2, -0.15) is 17.6 Å². The maximum atomic E-state index is 12.2. The van der Waals surface area contributed by atoms with Crippen LogP contribution in [0, 0.1) is 0 Å². The molecule has 76 valence electrons. The minimum Gasteiger partial charge on any atom is -0.392 e. The molecule has 0 radical (unpaired) electrons. The molecule has 0 saturated carbocycles. The molecule has 2 nitrogen and oxygen atoms in total. The standard InChI is InChI=1S/C6H5ClF4O2/c1-3(7)4(12)13-6(10,11)5(2,8)9/h1H2,2H3. The van der Waals surface area contributed by atoms with Gasteiger partial charge < -0.3 is 4.74 Å². The number of rotatable bonds is 3. The van der Waals surface area contributed by atoms with Gasteiger partial charge in [0.25, 0.3) is 0 Å². The van der Waals surface area contributed by atoms with E-state index in [1.807, 2.05) is 0 Å². The summed E-state index contributed by atoms with van der Waals surface area (Å²) in [5, 5.41) is -0.899. The van der Waals surface area contributed by atoms with E-state index in [9.17, 15) is 22.4 Å². The highest BCUT2D eigenvalue weighted by atomic mass is 35.5. The third-order valence-corrected chi connectivity index (χ3v) is 1.11. The van der Waals surface area contributed by atoms with E-state index in [1.54, 1.807) is 0 Å². The summed E-state index contributed by atoms with van der Waals surface area (Å²) in [6.45, 7) is 2.65. The van der Waals surface area contributed by atoms with Crippen molar-refractivity contribution in [1.82, 2.24) is 0 Å². The number of hydrogen-bond donors (Lipinski definition) is 0. The van der Waals surface area contributed by atoms with Crippen LogP contribution in [0.4, 0.5) is 17.6 Å². The number of hydrogen-bond acceptors (Lipinski definition) is 2. The maximum absolute atomic E-state index is 12.2. The molecule has 0 aromatic carbocycles. The fraction of sp³-hybridized carbons (Fsp3) is 0.500. The Hall–Kier alpha value is -0.780. The zero-order valence-electron chi connectivity index (χ0n) is 6.41. The molecule has 0 unspecified atom stereocenters. The normalized spacial score (nSPS) is 12.5. The van der Waals surface area contributed by atoms with Crippen LogP contribution < -0.4 is 0 Å². The summed E-state index contributed by atoms with van der Waals surface area (Å²) in [5.41, 5.74) is 0. The van der Waals surface area contributed by atoms with Crippen molar-refractivity contribution < 1.29 is 27.1 Å². The van der Waals surface area contributed by atoms with E-state index in [4.69, 9.17) is 11.6 Å². The Morgan fingerprint density at radius 3 is 2.00 bits per heavy atom. The highest BCUT2D eigenvalue weighted by molar-refractivity contribution is 6.40. The molecule has 0 fully saturated rings. The number of carbonyl (C=O) groups excluding carboxylic acids is 1. The van der Waals surface area contributed by atoms with Crippen LogP contribution in [-0.4, -0.2) is 18.0 Å². The predicted octanol–water partition coefficient (Wildman–Crippen LogP) is 2.53. The van der Waals surface area contributed by atoms with Crippen LogP contribution in [-0.2, 0) is 9.53 Å². The molecule has 0 aliphatic heterocycles.